The summed E-state index contributed by atoms with van der Waals surface area (Å²) in [5.74, 6) is 1.57. The van der Waals surface area contributed by atoms with E-state index in [0.29, 0.717) is 6.61 Å². The molecule has 96 valence electrons. The molecule has 1 aromatic carbocycles. The predicted molar refractivity (Wildman–Crippen MR) is 71.4 cm³/mol. The average molecular weight is 245 g/mol. The van der Waals surface area contributed by atoms with E-state index < -0.39 is 0 Å². The van der Waals surface area contributed by atoms with Crippen molar-refractivity contribution in [2.75, 3.05) is 7.11 Å². The van der Waals surface area contributed by atoms with Gasteiger partial charge in [0, 0.05) is 7.11 Å². The second-order valence-electron chi connectivity index (χ2n) is 4.64. The van der Waals surface area contributed by atoms with Gasteiger partial charge in [-0.1, -0.05) is 29.3 Å². The first-order valence-corrected chi connectivity index (χ1v) is 6.01. The SMILES string of the molecule is COCc1ccc(C(N)c2cc(C)cc(C)c2)o1. The van der Waals surface area contributed by atoms with Crippen molar-refractivity contribution in [1.82, 2.24) is 0 Å². The zero-order valence-electron chi connectivity index (χ0n) is 11.1. The van der Waals surface area contributed by atoms with Crippen LogP contribution in [0, 0.1) is 13.8 Å². The molecule has 1 unspecified atom stereocenters. The number of aryl methyl sites for hydroxylation is 2. The van der Waals surface area contributed by atoms with Crippen molar-refractivity contribution in [3.8, 4) is 0 Å². The minimum atomic E-state index is -0.228. The second kappa shape index (κ2) is 5.38. The average Bonchev–Trinajstić information content (AvgIpc) is 2.76. The Kier molecular flexibility index (Phi) is 3.84. The summed E-state index contributed by atoms with van der Waals surface area (Å²) in [5, 5.41) is 0. The molecule has 0 spiro atoms. The number of hydrogen-bond acceptors (Lipinski definition) is 3. The number of methoxy groups -OCH3 is 1. The highest BCUT2D eigenvalue weighted by atomic mass is 16.5. The van der Waals surface area contributed by atoms with Gasteiger partial charge in [-0.05, 0) is 31.5 Å². The Morgan fingerprint density at radius 2 is 1.83 bits per heavy atom. The summed E-state index contributed by atoms with van der Waals surface area (Å²) in [6, 6.07) is 9.91. The lowest BCUT2D eigenvalue weighted by atomic mass is 10.0. The molecule has 2 rings (SSSR count). The third-order valence-corrected chi connectivity index (χ3v) is 2.88. The van der Waals surface area contributed by atoms with Crippen molar-refractivity contribution in [3.63, 3.8) is 0 Å². The highest BCUT2D eigenvalue weighted by molar-refractivity contribution is 5.34. The van der Waals surface area contributed by atoms with E-state index in [1.165, 1.54) is 11.1 Å². The summed E-state index contributed by atoms with van der Waals surface area (Å²) >= 11 is 0. The molecule has 0 saturated heterocycles. The van der Waals surface area contributed by atoms with Crippen LogP contribution in [-0.4, -0.2) is 7.11 Å². The first-order valence-electron chi connectivity index (χ1n) is 6.01. The standard InChI is InChI=1S/C15H19NO2/c1-10-6-11(2)8-12(7-10)15(16)14-5-4-13(18-14)9-17-3/h4-8,15H,9,16H2,1-3H3. The Labute approximate surface area is 108 Å². The third kappa shape index (κ3) is 2.81. The van der Waals surface area contributed by atoms with Gasteiger partial charge in [0.25, 0.3) is 0 Å². The van der Waals surface area contributed by atoms with Crippen LogP contribution in [0.25, 0.3) is 0 Å². The molecule has 18 heavy (non-hydrogen) atoms. The van der Waals surface area contributed by atoms with Gasteiger partial charge in [0.15, 0.2) is 0 Å². The predicted octanol–water partition coefficient (Wildman–Crippen LogP) is 3.09. The van der Waals surface area contributed by atoms with Gasteiger partial charge in [-0.3, -0.25) is 0 Å². The largest absolute Gasteiger partial charge is 0.462 e. The van der Waals surface area contributed by atoms with Crippen LogP contribution in [0.3, 0.4) is 0 Å². The van der Waals surface area contributed by atoms with Crippen LogP contribution in [0.5, 0.6) is 0 Å². The Hall–Kier alpha value is -1.58. The van der Waals surface area contributed by atoms with E-state index in [1.54, 1.807) is 7.11 Å². The van der Waals surface area contributed by atoms with Gasteiger partial charge in [0.2, 0.25) is 0 Å². The maximum atomic E-state index is 6.23. The molecule has 2 aromatic rings. The van der Waals surface area contributed by atoms with Crippen molar-refractivity contribution in [3.05, 3.63) is 58.5 Å². The van der Waals surface area contributed by atoms with Crippen molar-refractivity contribution in [2.45, 2.75) is 26.5 Å². The number of nitrogens with two attached hydrogens (primary N) is 1. The van der Waals surface area contributed by atoms with E-state index in [9.17, 15) is 0 Å². The van der Waals surface area contributed by atoms with Crippen LogP contribution in [0.4, 0.5) is 0 Å². The Morgan fingerprint density at radius 1 is 1.17 bits per heavy atom. The molecule has 0 aliphatic rings. The van der Waals surface area contributed by atoms with Crippen LogP contribution in [0.2, 0.25) is 0 Å². The van der Waals surface area contributed by atoms with Gasteiger partial charge in [0.1, 0.15) is 18.1 Å². The summed E-state index contributed by atoms with van der Waals surface area (Å²) in [6.07, 6.45) is 0. The van der Waals surface area contributed by atoms with Crippen LogP contribution in [0.1, 0.15) is 34.3 Å². The van der Waals surface area contributed by atoms with Crippen molar-refractivity contribution in [1.29, 1.82) is 0 Å². The van der Waals surface area contributed by atoms with Crippen molar-refractivity contribution in [2.24, 2.45) is 5.73 Å². The maximum absolute atomic E-state index is 6.23. The third-order valence-electron chi connectivity index (χ3n) is 2.88. The number of furan rings is 1. The van der Waals surface area contributed by atoms with Crippen molar-refractivity contribution >= 4 is 0 Å². The van der Waals surface area contributed by atoms with E-state index in [0.717, 1.165) is 17.1 Å². The highest BCUT2D eigenvalue weighted by Crippen LogP contribution is 2.23. The maximum Gasteiger partial charge on any atom is 0.129 e. The highest BCUT2D eigenvalue weighted by Gasteiger charge is 2.14. The minimum absolute atomic E-state index is 0.228. The molecular formula is C15H19NO2. The molecule has 1 aromatic heterocycles. The summed E-state index contributed by atoms with van der Waals surface area (Å²) in [4.78, 5) is 0. The molecule has 1 heterocycles. The Morgan fingerprint density at radius 3 is 2.44 bits per heavy atom. The van der Waals surface area contributed by atoms with Crippen LogP contribution < -0.4 is 5.73 Å². The van der Waals surface area contributed by atoms with E-state index >= 15 is 0 Å². The minimum Gasteiger partial charge on any atom is -0.462 e. The van der Waals surface area contributed by atoms with Gasteiger partial charge in [-0.25, -0.2) is 0 Å². The molecule has 0 bridgehead atoms. The summed E-state index contributed by atoms with van der Waals surface area (Å²) in [6.45, 7) is 4.61. The van der Waals surface area contributed by atoms with E-state index in [4.69, 9.17) is 14.9 Å². The molecule has 3 nitrogen and oxygen atoms in total. The van der Waals surface area contributed by atoms with Gasteiger partial charge >= 0.3 is 0 Å². The molecule has 0 saturated carbocycles. The lowest BCUT2D eigenvalue weighted by molar-refractivity contribution is 0.162. The Balaban J connectivity index is 2.26. The molecule has 0 aliphatic carbocycles. The first-order chi connectivity index (χ1) is 8.60. The molecule has 0 amide bonds. The zero-order valence-corrected chi connectivity index (χ0v) is 11.1. The van der Waals surface area contributed by atoms with Gasteiger partial charge < -0.3 is 14.9 Å². The summed E-state index contributed by atoms with van der Waals surface area (Å²) in [7, 11) is 1.64. The normalized spacial score (nSPS) is 12.7. The fourth-order valence-corrected chi connectivity index (χ4v) is 2.14. The molecule has 0 radical (unpaired) electrons. The first kappa shape index (κ1) is 12.9. The number of benzene rings is 1. The van der Waals surface area contributed by atoms with Crippen molar-refractivity contribution < 1.29 is 9.15 Å². The zero-order chi connectivity index (χ0) is 13.1. The quantitative estimate of drug-likeness (QED) is 0.900. The fourth-order valence-electron chi connectivity index (χ4n) is 2.14. The van der Waals surface area contributed by atoms with E-state index in [2.05, 4.69) is 32.0 Å². The van der Waals surface area contributed by atoms with Crippen LogP contribution in [-0.2, 0) is 11.3 Å². The topological polar surface area (TPSA) is 48.4 Å². The summed E-state index contributed by atoms with van der Waals surface area (Å²) < 4.78 is 10.7. The Bertz CT molecular complexity index is 511. The second-order valence-corrected chi connectivity index (χ2v) is 4.64. The smallest absolute Gasteiger partial charge is 0.129 e. The molecule has 0 fully saturated rings. The molecule has 1 atom stereocenters. The van der Waals surface area contributed by atoms with E-state index in [1.807, 2.05) is 12.1 Å². The molecular weight excluding hydrogens is 226 g/mol. The van der Waals surface area contributed by atoms with Gasteiger partial charge in [0.05, 0.1) is 6.04 Å². The van der Waals surface area contributed by atoms with E-state index in [-0.39, 0.29) is 6.04 Å². The van der Waals surface area contributed by atoms with Gasteiger partial charge in [-0.2, -0.15) is 0 Å². The lowest BCUT2D eigenvalue weighted by Gasteiger charge is -2.11. The number of hydrogen-bond donors (Lipinski definition) is 1. The number of rotatable bonds is 4. The lowest BCUT2D eigenvalue weighted by Crippen LogP contribution is -2.11. The van der Waals surface area contributed by atoms with Gasteiger partial charge in [-0.15, -0.1) is 0 Å². The number of ether oxygens (including phenoxy) is 1. The van der Waals surface area contributed by atoms with Crippen LogP contribution in [0.15, 0.2) is 34.7 Å². The molecule has 3 heteroatoms. The summed E-state index contributed by atoms with van der Waals surface area (Å²) in [5.41, 5.74) is 9.73. The monoisotopic (exact) mass is 245 g/mol. The molecule has 2 N–H and O–H groups in total. The molecule has 0 aliphatic heterocycles. The van der Waals surface area contributed by atoms with Crippen LogP contribution >= 0.6 is 0 Å². The fraction of sp³-hybridized carbons (Fsp3) is 0.333.